The molecule has 0 heterocycles. The summed E-state index contributed by atoms with van der Waals surface area (Å²) in [4.78, 5) is 10.4. The van der Waals surface area contributed by atoms with Gasteiger partial charge in [-0.15, -0.1) is 0 Å². The van der Waals surface area contributed by atoms with Crippen LogP contribution in [0, 0.1) is 0 Å². The van der Waals surface area contributed by atoms with Crippen molar-refractivity contribution in [1.29, 1.82) is 0 Å². The van der Waals surface area contributed by atoms with Gasteiger partial charge in [0.05, 0.1) is 6.61 Å². The Bertz CT molecular complexity index is 560. The molecule has 0 aromatic heterocycles. The standard InChI is InChI=1S/C17H21NO2/c18-17(19)20-13-6-2-1-3-8-14-10-7-11-15-9-4-5-12-16(14)15/h4-5,7,9-12H,1-3,6,8,13H2,(H2,18,19). The van der Waals surface area contributed by atoms with Gasteiger partial charge in [0.1, 0.15) is 0 Å². The highest BCUT2D eigenvalue weighted by molar-refractivity contribution is 5.85. The number of benzene rings is 2. The number of amides is 1. The lowest BCUT2D eigenvalue weighted by molar-refractivity contribution is 0.154. The summed E-state index contributed by atoms with van der Waals surface area (Å²) in [6, 6.07) is 15.0. The topological polar surface area (TPSA) is 52.3 Å². The van der Waals surface area contributed by atoms with E-state index in [1.165, 1.54) is 16.3 Å². The molecule has 0 spiro atoms. The molecule has 0 aliphatic heterocycles. The number of fused-ring (bicyclic) bond motifs is 1. The molecular formula is C17H21NO2. The third-order valence-electron chi connectivity index (χ3n) is 3.46. The smallest absolute Gasteiger partial charge is 0.404 e. The number of nitrogens with two attached hydrogens (primary N) is 1. The molecule has 2 rings (SSSR count). The summed E-state index contributed by atoms with van der Waals surface area (Å²) >= 11 is 0. The Morgan fingerprint density at radius 1 is 0.950 bits per heavy atom. The number of primary amides is 1. The summed E-state index contributed by atoms with van der Waals surface area (Å²) in [6.45, 7) is 0.434. The zero-order valence-electron chi connectivity index (χ0n) is 11.7. The lowest BCUT2D eigenvalue weighted by atomic mass is 9.99. The van der Waals surface area contributed by atoms with Crippen LogP contribution in [0.2, 0.25) is 0 Å². The Morgan fingerprint density at radius 2 is 1.70 bits per heavy atom. The van der Waals surface area contributed by atoms with Crippen LogP contribution < -0.4 is 5.73 Å². The first-order valence-corrected chi connectivity index (χ1v) is 7.16. The highest BCUT2D eigenvalue weighted by atomic mass is 16.5. The molecule has 3 nitrogen and oxygen atoms in total. The largest absolute Gasteiger partial charge is 0.450 e. The SMILES string of the molecule is NC(=O)OCCCCCCc1cccc2ccccc12. The maximum absolute atomic E-state index is 10.4. The fourth-order valence-corrected chi connectivity index (χ4v) is 2.45. The molecule has 0 radical (unpaired) electrons. The van der Waals surface area contributed by atoms with Crippen molar-refractivity contribution < 1.29 is 9.53 Å². The van der Waals surface area contributed by atoms with E-state index < -0.39 is 6.09 Å². The van der Waals surface area contributed by atoms with E-state index >= 15 is 0 Å². The second-order valence-corrected chi connectivity index (χ2v) is 4.97. The molecule has 2 N–H and O–H groups in total. The fraction of sp³-hybridized carbons (Fsp3) is 0.353. The van der Waals surface area contributed by atoms with E-state index in [-0.39, 0.29) is 0 Å². The summed E-state index contributed by atoms with van der Waals surface area (Å²) < 4.78 is 4.70. The second-order valence-electron chi connectivity index (χ2n) is 4.97. The monoisotopic (exact) mass is 271 g/mol. The van der Waals surface area contributed by atoms with Gasteiger partial charge in [-0.3, -0.25) is 0 Å². The molecule has 106 valence electrons. The van der Waals surface area contributed by atoms with E-state index in [1.54, 1.807) is 0 Å². The molecule has 0 atom stereocenters. The Labute approximate surface area is 119 Å². The summed E-state index contributed by atoms with van der Waals surface area (Å²) in [6.07, 6.45) is 4.67. The molecule has 20 heavy (non-hydrogen) atoms. The Kier molecular flexibility index (Phi) is 5.42. The van der Waals surface area contributed by atoms with Crippen LogP contribution in [0.25, 0.3) is 10.8 Å². The number of aryl methyl sites for hydroxylation is 1. The van der Waals surface area contributed by atoms with E-state index in [9.17, 15) is 4.79 Å². The van der Waals surface area contributed by atoms with Crippen molar-refractivity contribution in [2.24, 2.45) is 5.73 Å². The highest BCUT2D eigenvalue weighted by Gasteiger charge is 2.00. The average Bonchev–Trinajstić information content (AvgIpc) is 2.46. The van der Waals surface area contributed by atoms with Gasteiger partial charge >= 0.3 is 6.09 Å². The first-order valence-electron chi connectivity index (χ1n) is 7.16. The van der Waals surface area contributed by atoms with Crippen molar-refractivity contribution in [1.82, 2.24) is 0 Å². The van der Waals surface area contributed by atoms with E-state index in [0.717, 1.165) is 32.1 Å². The summed E-state index contributed by atoms with van der Waals surface area (Å²) in [5.41, 5.74) is 6.31. The second kappa shape index (κ2) is 7.53. The molecular weight excluding hydrogens is 250 g/mol. The Balaban J connectivity index is 1.75. The van der Waals surface area contributed by atoms with Gasteiger partial charge in [-0.2, -0.15) is 0 Å². The molecule has 0 aliphatic carbocycles. The lowest BCUT2D eigenvalue weighted by Crippen LogP contribution is -2.13. The van der Waals surface area contributed by atoms with Crippen LogP contribution in [-0.4, -0.2) is 12.7 Å². The van der Waals surface area contributed by atoms with Gasteiger partial charge in [-0.1, -0.05) is 55.3 Å². The molecule has 1 amide bonds. The summed E-state index contributed by atoms with van der Waals surface area (Å²) in [5, 5.41) is 2.66. The third-order valence-corrected chi connectivity index (χ3v) is 3.46. The van der Waals surface area contributed by atoms with Gasteiger partial charge in [0.15, 0.2) is 0 Å². The minimum Gasteiger partial charge on any atom is -0.450 e. The van der Waals surface area contributed by atoms with Crippen molar-refractivity contribution in [3.63, 3.8) is 0 Å². The number of carbonyl (C=O) groups excluding carboxylic acids is 1. The molecule has 3 heteroatoms. The molecule has 0 unspecified atom stereocenters. The molecule has 0 saturated heterocycles. The fourth-order valence-electron chi connectivity index (χ4n) is 2.45. The van der Waals surface area contributed by atoms with Gasteiger partial charge in [0, 0.05) is 0 Å². The third kappa shape index (κ3) is 4.26. The van der Waals surface area contributed by atoms with E-state index in [4.69, 9.17) is 10.5 Å². The first-order chi connectivity index (χ1) is 9.77. The zero-order valence-corrected chi connectivity index (χ0v) is 11.7. The maximum atomic E-state index is 10.4. The van der Waals surface area contributed by atoms with Gasteiger partial charge < -0.3 is 10.5 Å². The molecule has 0 aliphatic rings. The quantitative estimate of drug-likeness (QED) is 0.773. The number of carbonyl (C=O) groups is 1. The average molecular weight is 271 g/mol. The minimum atomic E-state index is -0.680. The molecule has 2 aromatic carbocycles. The van der Waals surface area contributed by atoms with Crippen molar-refractivity contribution in [3.8, 4) is 0 Å². The van der Waals surface area contributed by atoms with Crippen LogP contribution in [0.4, 0.5) is 4.79 Å². The van der Waals surface area contributed by atoms with Crippen LogP contribution in [-0.2, 0) is 11.2 Å². The van der Waals surface area contributed by atoms with Crippen LogP contribution in [0.5, 0.6) is 0 Å². The van der Waals surface area contributed by atoms with Crippen molar-refractivity contribution in [3.05, 3.63) is 48.0 Å². The van der Waals surface area contributed by atoms with Crippen LogP contribution in [0.3, 0.4) is 0 Å². The molecule has 0 bridgehead atoms. The van der Waals surface area contributed by atoms with Crippen LogP contribution >= 0.6 is 0 Å². The van der Waals surface area contributed by atoms with Gasteiger partial charge in [0.2, 0.25) is 0 Å². The van der Waals surface area contributed by atoms with E-state index in [0.29, 0.717) is 6.61 Å². The number of unbranched alkanes of at least 4 members (excludes halogenated alkanes) is 3. The number of rotatable bonds is 7. The van der Waals surface area contributed by atoms with Gasteiger partial charge in [0.25, 0.3) is 0 Å². The van der Waals surface area contributed by atoms with E-state index in [1.807, 2.05) is 0 Å². The Morgan fingerprint density at radius 3 is 2.55 bits per heavy atom. The first kappa shape index (κ1) is 14.4. The van der Waals surface area contributed by atoms with Gasteiger partial charge in [-0.05, 0) is 35.6 Å². The van der Waals surface area contributed by atoms with Gasteiger partial charge in [-0.25, -0.2) is 4.79 Å². The zero-order chi connectivity index (χ0) is 14.2. The van der Waals surface area contributed by atoms with Crippen molar-refractivity contribution >= 4 is 16.9 Å². The molecule has 0 saturated carbocycles. The predicted molar refractivity (Wildman–Crippen MR) is 81.7 cm³/mol. The molecule has 0 fully saturated rings. The number of hydrogen-bond donors (Lipinski definition) is 1. The molecule has 2 aromatic rings. The summed E-state index contributed by atoms with van der Waals surface area (Å²) in [7, 11) is 0. The van der Waals surface area contributed by atoms with Crippen molar-refractivity contribution in [2.75, 3.05) is 6.61 Å². The lowest BCUT2D eigenvalue weighted by Gasteiger charge is -2.06. The van der Waals surface area contributed by atoms with Crippen LogP contribution in [0.15, 0.2) is 42.5 Å². The Hall–Kier alpha value is -2.03. The van der Waals surface area contributed by atoms with Crippen LogP contribution in [0.1, 0.15) is 31.2 Å². The van der Waals surface area contributed by atoms with Crippen molar-refractivity contribution in [2.45, 2.75) is 32.1 Å². The number of hydrogen-bond acceptors (Lipinski definition) is 2. The van der Waals surface area contributed by atoms with E-state index in [2.05, 4.69) is 42.5 Å². The normalized spacial score (nSPS) is 10.6. The highest BCUT2D eigenvalue weighted by Crippen LogP contribution is 2.20. The minimum absolute atomic E-state index is 0.434. The number of ether oxygens (including phenoxy) is 1. The maximum Gasteiger partial charge on any atom is 0.404 e. The summed E-state index contributed by atoms with van der Waals surface area (Å²) in [5.74, 6) is 0. The predicted octanol–water partition coefficient (Wildman–Crippen LogP) is 4.04.